The van der Waals surface area contributed by atoms with Crippen molar-refractivity contribution in [1.82, 2.24) is 5.32 Å². The number of carbonyl (C=O) groups is 2. The number of dihydropyridines is 1. The third kappa shape index (κ3) is 5.29. The summed E-state index contributed by atoms with van der Waals surface area (Å²) in [5.41, 5.74) is 1.65. The van der Waals surface area contributed by atoms with Crippen LogP contribution in [0.15, 0.2) is 77.5 Å². The van der Waals surface area contributed by atoms with Gasteiger partial charge < -0.3 is 24.3 Å². The van der Waals surface area contributed by atoms with E-state index in [1.165, 1.54) is 18.2 Å². The third-order valence-electron chi connectivity index (χ3n) is 4.92. The molecule has 10 heteroatoms. The second-order valence-corrected chi connectivity index (χ2v) is 6.98. The summed E-state index contributed by atoms with van der Waals surface area (Å²) in [6, 6.07) is 15.3. The number of nitrogens with one attached hydrogen (secondary N) is 1. The van der Waals surface area contributed by atoms with Gasteiger partial charge in [0.15, 0.2) is 0 Å². The highest BCUT2D eigenvalue weighted by Crippen LogP contribution is 2.43. The molecule has 0 amide bonds. The third-order valence-corrected chi connectivity index (χ3v) is 4.92. The van der Waals surface area contributed by atoms with Crippen LogP contribution in [0.2, 0.25) is 0 Å². The Balaban J connectivity index is 2.23. The van der Waals surface area contributed by atoms with Gasteiger partial charge in [0.2, 0.25) is 0 Å². The Kier molecular flexibility index (Phi) is 7.29. The van der Waals surface area contributed by atoms with Crippen LogP contribution < -0.4 is 5.32 Å². The summed E-state index contributed by atoms with van der Waals surface area (Å²) in [6.45, 7) is 1.64. The zero-order valence-electron chi connectivity index (χ0n) is 18.2. The van der Waals surface area contributed by atoms with Crippen LogP contribution >= 0.6 is 0 Å². The largest absolute Gasteiger partial charge is 0.513 e. The number of hydrogen-bond acceptors (Lipinski definition) is 9. The average molecular weight is 454 g/mol. The smallest absolute Gasteiger partial charge is 0.437 e. The number of nitro benzene ring substituents is 1. The zero-order valence-corrected chi connectivity index (χ0v) is 18.2. The van der Waals surface area contributed by atoms with Gasteiger partial charge in [-0.25, -0.2) is 9.59 Å². The van der Waals surface area contributed by atoms with Crippen LogP contribution in [0.1, 0.15) is 24.0 Å². The van der Waals surface area contributed by atoms with Crippen molar-refractivity contribution in [1.29, 1.82) is 0 Å². The van der Waals surface area contributed by atoms with Gasteiger partial charge in [-0.05, 0) is 12.5 Å². The summed E-state index contributed by atoms with van der Waals surface area (Å²) >= 11 is 0. The Hall–Kier alpha value is -4.34. The Morgan fingerprint density at radius 3 is 2.12 bits per heavy atom. The minimum absolute atomic E-state index is 0.00417. The lowest BCUT2D eigenvalue weighted by atomic mass is 9.88. The van der Waals surface area contributed by atoms with E-state index in [0.717, 1.165) is 19.8 Å². The number of hydrogen-bond donors (Lipinski definition) is 1. The van der Waals surface area contributed by atoms with Crippen molar-refractivity contribution < 1.29 is 33.5 Å². The standard InChI is InChI=1S/C23H22N2O8/c1-14-20(32-22(26)30-2)19(16-11-7-8-12-18(16)25(28)29)21(33-23(27)31-3)17(24-14)13-15-9-5-4-6-10-15/h4-12,19,24H,13H2,1-3H3. The van der Waals surface area contributed by atoms with Gasteiger partial charge in [0.25, 0.3) is 5.69 Å². The lowest BCUT2D eigenvalue weighted by molar-refractivity contribution is -0.385. The summed E-state index contributed by atoms with van der Waals surface area (Å²) in [4.78, 5) is 35.4. The fraction of sp³-hybridized carbons (Fsp3) is 0.217. The van der Waals surface area contributed by atoms with Crippen LogP contribution in [0.3, 0.4) is 0 Å². The van der Waals surface area contributed by atoms with E-state index in [-0.39, 0.29) is 22.8 Å². The summed E-state index contributed by atoms with van der Waals surface area (Å²) in [5.74, 6) is -1.11. The van der Waals surface area contributed by atoms with Gasteiger partial charge in [0.05, 0.1) is 30.5 Å². The lowest BCUT2D eigenvalue weighted by Crippen LogP contribution is -2.31. The molecule has 0 fully saturated rings. The first-order valence-corrected chi connectivity index (χ1v) is 9.85. The van der Waals surface area contributed by atoms with Gasteiger partial charge >= 0.3 is 12.3 Å². The van der Waals surface area contributed by atoms with Crippen LogP contribution in [0.25, 0.3) is 0 Å². The first-order valence-electron chi connectivity index (χ1n) is 9.85. The van der Waals surface area contributed by atoms with E-state index >= 15 is 0 Å². The number of allylic oxidation sites excluding steroid dienone is 2. The second-order valence-electron chi connectivity index (χ2n) is 6.98. The Labute approximate surface area is 189 Å². The van der Waals surface area contributed by atoms with Gasteiger partial charge in [-0.3, -0.25) is 10.1 Å². The van der Waals surface area contributed by atoms with E-state index in [1.807, 2.05) is 30.3 Å². The van der Waals surface area contributed by atoms with E-state index in [2.05, 4.69) is 14.8 Å². The average Bonchev–Trinajstić information content (AvgIpc) is 2.82. The van der Waals surface area contributed by atoms with E-state index in [4.69, 9.17) is 9.47 Å². The molecule has 0 bridgehead atoms. The highest BCUT2D eigenvalue weighted by Gasteiger charge is 2.39. The van der Waals surface area contributed by atoms with Gasteiger partial charge in [0, 0.05) is 18.1 Å². The molecule has 2 aromatic rings. The number of nitrogens with zero attached hydrogens (tertiary/aromatic N) is 1. The number of para-hydroxylation sites is 1. The van der Waals surface area contributed by atoms with Crippen molar-refractivity contribution >= 4 is 18.0 Å². The number of nitro groups is 1. The normalized spacial score (nSPS) is 15.4. The molecule has 0 saturated heterocycles. The molecule has 172 valence electrons. The molecule has 1 heterocycles. The molecular formula is C23H22N2O8. The van der Waals surface area contributed by atoms with E-state index < -0.39 is 23.2 Å². The molecule has 0 aromatic heterocycles. The van der Waals surface area contributed by atoms with Crippen molar-refractivity contribution in [3.05, 3.63) is 98.8 Å². The highest BCUT2D eigenvalue weighted by atomic mass is 16.7. The molecule has 3 rings (SSSR count). The molecule has 2 aromatic carbocycles. The zero-order chi connectivity index (χ0) is 24.0. The number of ether oxygens (including phenoxy) is 4. The topological polar surface area (TPSA) is 126 Å². The predicted molar refractivity (Wildman–Crippen MR) is 116 cm³/mol. The first kappa shape index (κ1) is 23.3. The first-order chi connectivity index (χ1) is 15.8. The molecule has 0 radical (unpaired) electrons. The minimum atomic E-state index is -1.11. The fourth-order valence-electron chi connectivity index (χ4n) is 3.49. The molecule has 1 N–H and O–H groups in total. The maximum Gasteiger partial charge on any atom is 0.513 e. The molecule has 1 aliphatic heterocycles. The van der Waals surface area contributed by atoms with Gasteiger partial charge in [0.1, 0.15) is 17.4 Å². The summed E-state index contributed by atoms with van der Waals surface area (Å²) in [6.07, 6.45) is -1.76. The molecular weight excluding hydrogens is 432 g/mol. The maximum atomic E-state index is 12.2. The predicted octanol–water partition coefficient (Wildman–Crippen LogP) is 4.53. The molecule has 1 atom stereocenters. The number of methoxy groups -OCH3 is 2. The lowest BCUT2D eigenvalue weighted by Gasteiger charge is -2.31. The van der Waals surface area contributed by atoms with Gasteiger partial charge in [-0.2, -0.15) is 0 Å². The van der Waals surface area contributed by atoms with Crippen molar-refractivity contribution in [2.24, 2.45) is 0 Å². The number of benzene rings is 2. The molecule has 0 saturated carbocycles. The molecule has 10 nitrogen and oxygen atoms in total. The van der Waals surface area contributed by atoms with Crippen molar-refractivity contribution in [3.63, 3.8) is 0 Å². The van der Waals surface area contributed by atoms with E-state index in [0.29, 0.717) is 17.8 Å². The molecule has 1 aliphatic rings. The fourth-order valence-corrected chi connectivity index (χ4v) is 3.49. The molecule has 1 unspecified atom stereocenters. The summed E-state index contributed by atoms with van der Waals surface area (Å²) in [5, 5.41) is 14.9. The van der Waals surface area contributed by atoms with Crippen LogP contribution in [-0.4, -0.2) is 31.5 Å². The minimum Gasteiger partial charge on any atom is -0.437 e. The highest BCUT2D eigenvalue weighted by molar-refractivity contribution is 5.66. The Bertz CT molecular complexity index is 1120. The Morgan fingerprint density at radius 1 is 0.939 bits per heavy atom. The van der Waals surface area contributed by atoms with Gasteiger partial charge in [-0.1, -0.05) is 48.5 Å². The van der Waals surface area contributed by atoms with Crippen LogP contribution in [-0.2, 0) is 25.4 Å². The van der Waals surface area contributed by atoms with E-state index in [1.54, 1.807) is 13.0 Å². The Morgan fingerprint density at radius 2 is 1.52 bits per heavy atom. The van der Waals surface area contributed by atoms with Crippen LogP contribution in [0, 0.1) is 10.1 Å². The van der Waals surface area contributed by atoms with Crippen LogP contribution in [0.5, 0.6) is 0 Å². The number of rotatable bonds is 6. The second kappa shape index (κ2) is 10.3. The van der Waals surface area contributed by atoms with Gasteiger partial charge in [-0.15, -0.1) is 0 Å². The van der Waals surface area contributed by atoms with Crippen molar-refractivity contribution in [2.45, 2.75) is 19.3 Å². The molecule has 0 aliphatic carbocycles. The summed E-state index contributed by atoms with van der Waals surface area (Å²) < 4.78 is 20.1. The van der Waals surface area contributed by atoms with E-state index in [9.17, 15) is 19.7 Å². The summed E-state index contributed by atoms with van der Waals surface area (Å²) in [7, 11) is 2.28. The number of carbonyl (C=O) groups excluding carboxylic acids is 2. The monoisotopic (exact) mass is 454 g/mol. The van der Waals surface area contributed by atoms with Crippen LogP contribution in [0.4, 0.5) is 15.3 Å². The quantitative estimate of drug-likeness (QED) is 0.380. The molecule has 33 heavy (non-hydrogen) atoms. The van der Waals surface area contributed by atoms with Crippen molar-refractivity contribution in [3.8, 4) is 0 Å². The molecule has 0 spiro atoms. The van der Waals surface area contributed by atoms with Crippen molar-refractivity contribution in [2.75, 3.05) is 14.2 Å². The SMILES string of the molecule is COC(=O)OC1=C(C)NC(Cc2ccccc2)=C(OC(=O)OC)C1c1ccccc1[N+](=O)[O-]. The maximum absolute atomic E-state index is 12.2.